The summed E-state index contributed by atoms with van der Waals surface area (Å²) in [5.74, 6) is 0.827. The first-order chi connectivity index (χ1) is 8.97. The molecule has 0 aliphatic heterocycles. The van der Waals surface area contributed by atoms with Gasteiger partial charge in [0.1, 0.15) is 11.5 Å². The Kier molecular flexibility index (Phi) is 5.57. The van der Waals surface area contributed by atoms with Crippen molar-refractivity contribution in [3.63, 3.8) is 0 Å². The highest BCUT2D eigenvalue weighted by Crippen LogP contribution is 2.23. The Balaban J connectivity index is 2.88. The Hall–Kier alpha value is -1.82. The fraction of sp³-hybridized carbons (Fsp3) is 0.385. The predicted molar refractivity (Wildman–Crippen MR) is 77.9 cm³/mol. The minimum Gasteiger partial charge on any atom is -0.497 e. The number of amides is 1. The van der Waals surface area contributed by atoms with Gasteiger partial charge in [-0.15, -0.1) is 0 Å². The van der Waals surface area contributed by atoms with E-state index in [0.29, 0.717) is 28.5 Å². The van der Waals surface area contributed by atoms with Crippen LogP contribution in [-0.4, -0.2) is 31.2 Å². The van der Waals surface area contributed by atoms with Crippen molar-refractivity contribution in [2.75, 3.05) is 14.2 Å². The van der Waals surface area contributed by atoms with Gasteiger partial charge in [0.25, 0.3) is 5.91 Å². The Labute approximate surface area is 118 Å². The van der Waals surface area contributed by atoms with Crippen molar-refractivity contribution in [2.45, 2.75) is 19.4 Å². The lowest BCUT2D eigenvalue weighted by Crippen LogP contribution is -2.35. The van der Waals surface area contributed by atoms with E-state index in [4.69, 9.17) is 27.4 Å². The summed E-state index contributed by atoms with van der Waals surface area (Å²) in [5.41, 5.74) is 5.86. The number of rotatable bonds is 6. The lowest BCUT2D eigenvalue weighted by Gasteiger charge is -2.15. The highest BCUT2D eigenvalue weighted by atomic mass is 32.1. The summed E-state index contributed by atoms with van der Waals surface area (Å²) < 4.78 is 10.3. The molecule has 1 rings (SSSR count). The normalized spacial score (nSPS) is 11.5. The third-order valence-corrected chi connectivity index (χ3v) is 2.70. The summed E-state index contributed by atoms with van der Waals surface area (Å²) in [4.78, 5) is 12.5. The summed E-state index contributed by atoms with van der Waals surface area (Å²) >= 11 is 4.81. The summed E-state index contributed by atoms with van der Waals surface area (Å²) in [6, 6.07) is 4.91. The summed E-state index contributed by atoms with van der Waals surface area (Å²) in [7, 11) is 3.05. The van der Waals surface area contributed by atoms with Crippen molar-refractivity contribution >= 4 is 23.1 Å². The van der Waals surface area contributed by atoms with Crippen LogP contribution in [0.25, 0.3) is 0 Å². The van der Waals surface area contributed by atoms with Gasteiger partial charge in [-0.1, -0.05) is 12.2 Å². The number of carbonyl (C=O) groups excluding carboxylic acids is 1. The molecule has 19 heavy (non-hydrogen) atoms. The molecule has 0 bridgehead atoms. The molecule has 1 unspecified atom stereocenters. The molecule has 1 atom stereocenters. The summed E-state index contributed by atoms with van der Waals surface area (Å²) in [6.07, 6.45) is 0.452. The zero-order valence-corrected chi connectivity index (χ0v) is 12.0. The molecule has 1 aromatic rings. The van der Waals surface area contributed by atoms with Crippen LogP contribution in [-0.2, 0) is 0 Å². The first-order valence-electron chi connectivity index (χ1n) is 5.79. The average Bonchev–Trinajstić information content (AvgIpc) is 2.36. The first kappa shape index (κ1) is 15.2. The third kappa shape index (κ3) is 4.40. The van der Waals surface area contributed by atoms with E-state index in [2.05, 4.69) is 5.32 Å². The van der Waals surface area contributed by atoms with Crippen molar-refractivity contribution in [1.82, 2.24) is 5.32 Å². The van der Waals surface area contributed by atoms with E-state index in [0.717, 1.165) is 0 Å². The van der Waals surface area contributed by atoms with E-state index in [-0.39, 0.29) is 11.9 Å². The van der Waals surface area contributed by atoms with E-state index < -0.39 is 0 Å². The van der Waals surface area contributed by atoms with Gasteiger partial charge in [0.05, 0.1) is 24.8 Å². The maximum absolute atomic E-state index is 12.2. The topological polar surface area (TPSA) is 73.6 Å². The molecular weight excluding hydrogens is 264 g/mol. The molecule has 0 saturated carbocycles. The van der Waals surface area contributed by atoms with Crippen LogP contribution in [0.2, 0.25) is 0 Å². The average molecular weight is 282 g/mol. The second-order valence-corrected chi connectivity index (χ2v) is 4.64. The predicted octanol–water partition coefficient (Wildman–Crippen LogP) is 1.50. The number of hydrogen-bond donors (Lipinski definition) is 2. The molecule has 104 valence electrons. The molecular formula is C13H18N2O3S. The second-order valence-electron chi connectivity index (χ2n) is 4.11. The van der Waals surface area contributed by atoms with Crippen LogP contribution in [0.4, 0.5) is 0 Å². The van der Waals surface area contributed by atoms with Crippen LogP contribution >= 0.6 is 12.2 Å². The fourth-order valence-corrected chi connectivity index (χ4v) is 1.90. The number of nitrogens with two attached hydrogens (primary N) is 1. The van der Waals surface area contributed by atoms with E-state index in [1.165, 1.54) is 7.11 Å². The molecule has 3 N–H and O–H groups in total. The molecule has 0 aromatic heterocycles. The maximum atomic E-state index is 12.2. The number of benzene rings is 1. The monoisotopic (exact) mass is 282 g/mol. The molecule has 0 aliphatic rings. The van der Waals surface area contributed by atoms with E-state index in [1.807, 2.05) is 6.92 Å². The van der Waals surface area contributed by atoms with E-state index >= 15 is 0 Å². The Morgan fingerprint density at radius 2 is 2.11 bits per heavy atom. The molecule has 0 aliphatic carbocycles. The fourth-order valence-electron chi connectivity index (χ4n) is 1.65. The number of hydrogen-bond acceptors (Lipinski definition) is 4. The number of carbonyl (C=O) groups is 1. The molecule has 0 saturated heterocycles. The molecule has 0 spiro atoms. The lowest BCUT2D eigenvalue weighted by atomic mass is 10.1. The van der Waals surface area contributed by atoms with Crippen LogP contribution in [0, 0.1) is 0 Å². The zero-order valence-electron chi connectivity index (χ0n) is 11.2. The highest BCUT2D eigenvalue weighted by molar-refractivity contribution is 7.80. The molecule has 0 radical (unpaired) electrons. The van der Waals surface area contributed by atoms with Gasteiger partial charge in [-0.2, -0.15) is 0 Å². The van der Waals surface area contributed by atoms with Crippen molar-refractivity contribution in [1.29, 1.82) is 0 Å². The first-order valence-corrected chi connectivity index (χ1v) is 6.20. The number of ether oxygens (including phenoxy) is 2. The summed E-state index contributed by atoms with van der Waals surface area (Å²) in [6.45, 7) is 1.84. The zero-order chi connectivity index (χ0) is 14.4. The van der Waals surface area contributed by atoms with Crippen molar-refractivity contribution < 1.29 is 14.3 Å². The smallest absolute Gasteiger partial charge is 0.255 e. The van der Waals surface area contributed by atoms with Gasteiger partial charge in [-0.25, -0.2) is 0 Å². The highest BCUT2D eigenvalue weighted by Gasteiger charge is 2.16. The van der Waals surface area contributed by atoms with Gasteiger partial charge < -0.3 is 20.5 Å². The molecule has 1 aromatic carbocycles. The van der Waals surface area contributed by atoms with Crippen molar-refractivity contribution in [3.8, 4) is 11.5 Å². The second kappa shape index (κ2) is 6.94. The van der Waals surface area contributed by atoms with Crippen LogP contribution in [0.5, 0.6) is 11.5 Å². The number of thiocarbonyl (C=S) groups is 1. The Morgan fingerprint density at radius 3 is 2.63 bits per heavy atom. The Bertz CT molecular complexity index is 477. The number of nitrogens with one attached hydrogen (secondary N) is 1. The van der Waals surface area contributed by atoms with Gasteiger partial charge in [-0.05, 0) is 25.1 Å². The van der Waals surface area contributed by atoms with E-state index in [9.17, 15) is 4.79 Å². The van der Waals surface area contributed by atoms with Gasteiger partial charge in [0.2, 0.25) is 0 Å². The lowest BCUT2D eigenvalue weighted by molar-refractivity contribution is 0.0938. The van der Waals surface area contributed by atoms with Gasteiger partial charge in [0.15, 0.2) is 0 Å². The van der Waals surface area contributed by atoms with Crippen molar-refractivity contribution in [3.05, 3.63) is 23.8 Å². The number of methoxy groups -OCH3 is 2. The minimum atomic E-state index is -0.250. The van der Waals surface area contributed by atoms with Gasteiger partial charge >= 0.3 is 0 Å². The van der Waals surface area contributed by atoms with Crippen LogP contribution in [0.15, 0.2) is 18.2 Å². The Morgan fingerprint density at radius 1 is 1.42 bits per heavy atom. The molecule has 1 amide bonds. The standard InChI is InChI=1S/C13H18N2O3S/c1-8(6-12(14)19)15-13(16)10-7-9(17-2)4-5-11(10)18-3/h4-5,7-8H,6H2,1-3H3,(H2,14,19)(H,15,16). The quantitative estimate of drug-likeness (QED) is 0.774. The van der Waals surface area contributed by atoms with E-state index in [1.54, 1.807) is 25.3 Å². The molecule has 0 heterocycles. The molecule has 0 fully saturated rings. The van der Waals surface area contributed by atoms with Crippen LogP contribution in [0.1, 0.15) is 23.7 Å². The maximum Gasteiger partial charge on any atom is 0.255 e. The molecule has 6 heteroatoms. The SMILES string of the molecule is COc1ccc(OC)c(C(=O)NC(C)CC(N)=S)c1. The molecule has 5 nitrogen and oxygen atoms in total. The van der Waals surface area contributed by atoms with Gasteiger partial charge in [-0.3, -0.25) is 4.79 Å². The van der Waals surface area contributed by atoms with Crippen molar-refractivity contribution in [2.24, 2.45) is 5.73 Å². The van der Waals surface area contributed by atoms with Gasteiger partial charge in [0, 0.05) is 12.5 Å². The van der Waals surface area contributed by atoms with Crippen LogP contribution in [0.3, 0.4) is 0 Å². The van der Waals surface area contributed by atoms with Crippen LogP contribution < -0.4 is 20.5 Å². The summed E-state index contributed by atoms with van der Waals surface area (Å²) in [5, 5.41) is 2.81. The third-order valence-electron chi connectivity index (χ3n) is 2.54. The largest absolute Gasteiger partial charge is 0.497 e. The minimum absolute atomic E-state index is 0.138.